The molecule has 0 aliphatic rings. The number of nitrogens with zero attached hydrogens (tertiary/aromatic N) is 1. The third-order valence-electron chi connectivity index (χ3n) is 0.842. The molecule has 1 N–H and O–H groups in total. The molecule has 0 spiro atoms. The minimum absolute atomic E-state index is 0.688. The molecular formula is C8H15N2. The molecule has 0 rings (SSSR count). The van der Waals surface area contributed by atoms with E-state index >= 15 is 0 Å². The first-order valence-electron chi connectivity index (χ1n) is 3.31. The van der Waals surface area contributed by atoms with E-state index in [9.17, 15) is 0 Å². The molecule has 0 heterocycles. The Morgan fingerprint density at radius 3 is 2.30 bits per heavy atom. The summed E-state index contributed by atoms with van der Waals surface area (Å²) in [5, 5.41) is 0. The van der Waals surface area contributed by atoms with Crippen LogP contribution in [-0.4, -0.2) is 13.1 Å². The topological polar surface area (TPSA) is 26.1 Å². The highest BCUT2D eigenvalue weighted by Gasteiger charge is 1.87. The fourth-order valence-corrected chi connectivity index (χ4v) is 0.382. The quantitative estimate of drug-likeness (QED) is 0.346. The lowest BCUT2D eigenvalue weighted by Gasteiger charge is -2.02. The van der Waals surface area contributed by atoms with Gasteiger partial charge < -0.3 is 0 Å². The molecule has 0 unspecified atom stereocenters. The van der Waals surface area contributed by atoms with E-state index in [2.05, 4.69) is 24.0 Å². The summed E-state index contributed by atoms with van der Waals surface area (Å²) in [5.74, 6) is 0. The molecule has 2 heteroatoms. The van der Waals surface area contributed by atoms with Gasteiger partial charge in [0.05, 0.1) is 6.54 Å². The van der Waals surface area contributed by atoms with Gasteiger partial charge in [-0.15, -0.1) is 0 Å². The van der Waals surface area contributed by atoms with E-state index in [-0.39, 0.29) is 0 Å². The van der Waals surface area contributed by atoms with Crippen molar-refractivity contribution < 1.29 is 0 Å². The van der Waals surface area contributed by atoms with Crippen molar-refractivity contribution in [3.63, 3.8) is 0 Å². The van der Waals surface area contributed by atoms with Gasteiger partial charge in [-0.1, -0.05) is 24.3 Å². The monoisotopic (exact) mass is 139 g/mol. The molecule has 1 radical (unpaired) electrons. The summed E-state index contributed by atoms with van der Waals surface area (Å²) in [4.78, 5) is 0. The van der Waals surface area contributed by atoms with Crippen LogP contribution in [0.25, 0.3) is 0 Å². The Morgan fingerprint density at radius 1 is 1.30 bits per heavy atom. The van der Waals surface area contributed by atoms with Crippen LogP contribution in [0.4, 0.5) is 0 Å². The molecule has 0 aromatic carbocycles. The van der Waals surface area contributed by atoms with E-state index in [1.165, 1.54) is 0 Å². The molecule has 10 heavy (non-hydrogen) atoms. The number of hydrogen-bond donors (Lipinski definition) is 1. The standard InChI is InChI=1S/C8H15N2/c1-7(2)5-9-10-6-8(3)4/h9H,1,3,5-6H2,2,4H3. The largest absolute Gasteiger partial charge is 0.236 e. The van der Waals surface area contributed by atoms with Crippen molar-refractivity contribution in [3.8, 4) is 0 Å². The summed E-state index contributed by atoms with van der Waals surface area (Å²) in [6, 6.07) is 0. The van der Waals surface area contributed by atoms with E-state index in [0.717, 1.165) is 17.7 Å². The molecule has 0 atom stereocenters. The minimum Gasteiger partial charge on any atom is -0.236 e. The van der Waals surface area contributed by atoms with E-state index in [1.807, 2.05) is 13.8 Å². The van der Waals surface area contributed by atoms with Gasteiger partial charge in [0.15, 0.2) is 0 Å². The van der Waals surface area contributed by atoms with Crippen LogP contribution in [0.2, 0.25) is 0 Å². The van der Waals surface area contributed by atoms with Crippen molar-refractivity contribution in [2.24, 2.45) is 0 Å². The third-order valence-corrected chi connectivity index (χ3v) is 0.842. The molecule has 0 aromatic rings. The summed E-state index contributed by atoms with van der Waals surface area (Å²) in [7, 11) is 0. The van der Waals surface area contributed by atoms with Crippen LogP contribution >= 0.6 is 0 Å². The van der Waals surface area contributed by atoms with Crippen molar-refractivity contribution in [2.45, 2.75) is 13.8 Å². The Bertz CT molecular complexity index is 111. The highest BCUT2D eigenvalue weighted by molar-refractivity contribution is 4.92. The van der Waals surface area contributed by atoms with Gasteiger partial charge >= 0.3 is 0 Å². The van der Waals surface area contributed by atoms with Crippen LogP contribution in [0.5, 0.6) is 0 Å². The Labute approximate surface area is 63.0 Å². The smallest absolute Gasteiger partial charge is 0.0509 e. The Balaban J connectivity index is 3.06. The molecule has 0 bridgehead atoms. The van der Waals surface area contributed by atoms with Gasteiger partial charge in [0.25, 0.3) is 0 Å². The number of nitrogens with one attached hydrogen (secondary N) is 1. The minimum atomic E-state index is 0.688. The maximum Gasteiger partial charge on any atom is 0.0509 e. The predicted molar refractivity (Wildman–Crippen MR) is 44.6 cm³/mol. The van der Waals surface area contributed by atoms with Crippen molar-refractivity contribution >= 4 is 0 Å². The fraction of sp³-hybridized carbons (Fsp3) is 0.500. The number of hydrogen-bond acceptors (Lipinski definition) is 1. The molecule has 0 fully saturated rings. The lowest BCUT2D eigenvalue weighted by Crippen LogP contribution is -2.26. The van der Waals surface area contributed by atoms with Gasteiger partial charge in [-0.3, -0.25) is 0 Å². The lowest BCUT2D eigenvalue weighted by atomic mass is 10.3. The summed E-state index contributed by atoms with van der Waals surface area (Å²) in [5.41, 5.74) is 9.03. The van der Waals surface area contributed by atoms with Crippen LogP contribution in [0, 0.1) is 0 Å². The number of rotatable bonds is 5. The molecule has 0 amide bonds. The van der Waals surface area contributed by atoms with Gasteiger partial charge in [0.2, 0.25) is 0 Å². The third kappa shape index (κ3) is 7.40. The molecule has 57 valence electrons. The zero-order chi connectivity index (χ0) is 7.98. The van der Waals surface area contributed by atoms with Gasteiger partial charge in [0, 0.05) is 6.54 Å². The molecule has 0 saturated heterocycles. The molecule has 0 aromatic heterocycles. The zero-order valence-electron chi connectivity index (χ0n) is 6.78. The highest BCUT2D eigenvalue weighted by atomic mass is 15.3. The highest BCUT2D eigenvalue weighted by Crippen LogP contribution is 1.82. The van der Waals surface area contributed by atoms with Crippen molar-refractivity contribution in [1.82, 2.24) is 10.9 Å². The normalized spacial score (nSPS) is 9.40. The average Bonchev–Trinajstić information content (AvgIpc) is 1.79. The first kappa shape index (κ1) is 9.40. The summed E-state index contributed by atoms with van der Waals surface area (Å²) in [6.07, 6.45) is 0. The Morgan fingerprint density at radius 2 is 1.90 bits per heavy atom. The summed E-state index contributed by atoms with van der Waals surface area (Å²) < 4.78 is 0. The van der Waals surface area contributed by atoms with E-state index in [1.54, 1.807) is 0 Å². The van der Waals surface area contributed by atoms with Crippen LogP contribution in [0.1, 0.15) is 13.8 Å². The fourth-order valence-electron chi connectivity index (χ4n) is 0.382. The van der Waals surface area contributed by atoms with Crippen molar-refractivity contribution in [1.29, 1.82) is 0 Å². The van der Waals surface area contributed by atoms with Gasteiger partial charge in [-0.25, -0.2) is 5.43 Å². The maximum atomic E-state index is 4.00. The molecular weight excluding hydrogens is 124 g/mol. The van der Waals surface area contributed by atoms with E-state index < -0.39 is 0 Å². The van der Waals surface area contributed by atoms with Gasteiger partial charge in [-0.2, -0.15) is 5.43 Å². The lowest BCUT2D eigenvalue weighted by molar-refractivity contribution is 0.577. The molecule has 0 saturated carbocycles. The maximum absolute atomic E-state index is 4.00. The molecule has 2 nitrogen and oxygen atoms in total. The summed E-state index contributed by atoms with van der Waals surface area (Å²) in [6.45, 7) is 12.8. The average molecular weight is 139 g/mol. The van der Waals surface area contributed by atoms with Gasteiger partial charge in [-0.05, 0) is 13.8 Å². The molecule has 0 aliphatic heterocycles. The summed E-state index contributed by atoms with van der Waals surface area (Å²) >= 11 is 0. The second-order valence-corrected chi connectivity index (χ2v) is 2.57. The predicted octanol–water partition coefficient (Wildman–Crippen LogP) is 1.25. The zero-order valence-corrected chi connectivity index (χ0v) is 6.78. The second kappa shape index (κ2) is 5.21. The van der Waals surface area contributed by atoms with Crippen LogP contribution in [0.3, 0.4) is 0 Å². The van der Waals surface area contributed by atoms with E-state index in [4.69, 9.17) is 0 Å². The first-order valence-corrected chi connectivity index (χ1v) is 3.31. The molecule has 0 aliphatic carbocycles. The van der Waals surface area contributed by atoms with Crippen LogP contribution in [0.15, 0.2) is 24.3 Å². The van der Waals surface area contributed by atoms with Crippen molar-refractivity contribution in [3.05, 3.63) is 24.3 Å². The van der Waals surface area contributed by atoms with Crippen LogP contribution < -0.4 is 10.9 Å². The Kier molecular flexibility index (Phi) is 4.89. The van der Waals surface area contributed by atoms with E-state index in [0.29, 0.717) is 6.54 Å². The van der Waals surface area contributed by atoms with Gasteiger partial charge in [0.1, 0.15) is 0 Å². The van der Waals surface area contributed by atoms with Crippen LogP contribution in [-0.2, 0) is 0 Å². The first-order chi connectivity index (χ1) is 4.63. The van der Waals surface area contributed by atoms with Crippen molar-refractivity contribution in [2.75, 3.05) is 13.1 Å². The Hall–Kier alpha value is -0.600. The SMILES string of the molecule is C=C(C)C[N]NCC(=C)C. The second-order valence-electron chi connectivity index (χ2n) is 2.57.